The summed E-state index contributed by atoms with van der Waals surface area (Å²) in [5.74, 6) is -0.323. The van der Waals surface area contributed by atoms with Gasteiger partial charge in [-0.3, -0.25) is 14.9 Å². The summed E-state index contributed by atoms with van der Waals surface area (Å²) in [6.45, 7) is 9.00. The number of ether oxygens (including phenoxy) is 1. The Balaban J connectivity index is 1.72. The molecule has 160 valence electrons. The lowest BCUT2D eigenvalue weighted by Crippen LogP contribution is -2.46. The fourth-order valence-corrected chi connectivity index (χ4v) is 3.73. The standard InChI is InChI=1S/C21H25ClN4O4/c1-3-24-9-11-25(12-10-24)18-7-6-16(14-17(18)22)23-21(27)15-5-8-20(30-4-2)19(13-15)26(28)29/h5-8,13-14H,3-4,9-12H2,1-2H3,(H,23,27). The van der Waals surface area contributed by atoms with Crippen molar-refractivity contribution in [1.29, 1.82) is 0 Å². The van der Waals surface area contributed by atoms with Crippen LogP contribution in [0.4, 0.5) is 17.1 Å². The maximum atomic E-state index is 12.6. The molecule has 8 nitrogen and oxygen atoms in total. The van der Waals surface area contributed by atoms with E-state index >= 15 is 0 Å². The van der Waals surface area contributed by atoms with E-state index in [1.54, 1.807) is 19.1 Å². The van der Waals surface area contributed by atoms with Gasteiger partial charge in [-0.25, -0.2) is 0 Å². The zero-order chi connectivity index (χ0) is 21.7. The van der Waals surface area contributed by atoms with E-state index < -0.39 is 10.8 Å². The molecule has 0 bridgehead atoms. The van der Waals surface area contributed by atoms with Crippen LogP contribution in [0.1, 0.15) is 24.2 Å². The Morgan fingerprint density at radius 3 is 2.50 bits per heavy atom. The van der Waals surface area contributed by atoms with Crippen molar-refractivity contribution in [2.45, 2.75) is 13.8 Å². The maximum absolute atomic E-state index is 12.6. The molecule has 1 aliphatic rings. The molecule has 0 saturated carbocycles. The van der Waals surface area contributed by atoms with E-state index in [1.807, 2.05) is 6.07 Å². The highest BCUT2D eigenvalue weighted by atomic mass is 35.5. The van der Waals surface area contributed by atoms with E-state index in [0.29, 0.717) is 17.3 Å². The van der Waals surface area contributed by atoms with Crippen LogP contribution in [-0.4, -0.2) is 55.1 Å². The monoisotopic (exact) mass is 432 g/mol. The van der Waals surface area contributed by atoms with Crippen molar-refractivity contribution in [3.8, 4) is 5.75 Å². The Hall–Kier alpha value is -2.84. The van der Waals surface area contributed by atoms with Crippen LogP contribution in [0.3, 0.4) is 0 Å². The molecule has 0 radical (unpaired) electrons. The van der Waals surface area contributed by atoms with Gasteiger partial charge >= 0.3 is 5.69 Å². The molecule has 2 aromatic rings. The van der Waals surface area contributed by atoms with Crippen LogP contribution < -0.4 is 15.0 Å². The van der Waals surface area contributed by atoms with Crippen molar-refractivity contribution in [3.63, 3.8) is 0 Å². The van der Waals surface area contributed by atoms with Crippen LogP contribution in [-0.2, 0) is 0 Å². The van der Waals surface area contributed by atoms with E-state index in [1.165, 1.54) is 18.2 Å². The number of likely N-dealkylation sites (N-methyl/N-ethyl adjacent to an activating group) is 1. The van der Waals surface area contributed by atoms with E-state index in [9.17, 15) is 14.9 Å². The molecule has 1 aliphatic heterocycles. The van der Waals surface area contributed by atoms with Gasteiger partial charge in [-0.15, -0.1) is 0 Å². The molecule has 9 heteroatoms. The molecule has 0 aromatic heterocycles. The number of carbonyl (C=O) groups is 1. The average Bonchev–Trinajstić information content (AvgIpc) is 2.74. The Labute approximate surface area is 180 Å². The number of piperazine rings is 1. The van der Waals surface area contributed by atoms with Crippen LogP contribution in [0.5, 0.6) is 5.75 Å². The highest BCUT2D eigenvalue weighted by Crippen LogP contribution is 2.31. The smallest absolute Gasteiger partial charge is 0.311 e. The summed E-state index contributed by atoms with van der Waals surface area (Å²) in [6, 6.07) is 9.51. The van der Waals surface area contributed by atoms with Crippen molar-refractivity contribution in [1.82, 2.24) is 4.90 Å². The van der Waals surface area contributed by atoms with Crippen molar-refractivity contribution in [2.24, 2.45) is 0 Å². The minimum absolute atomic E-state index is 0.134. The zero-order valence-corrected chi connectivity index (χ0v) is 17.8. The highest BCUT2D eigenvalue weighted by molar-refractivity contribution is 6.33. The molecule has 1 N–H and O–H groups in total. The number of hydrogen-bond donors (Lipinski definition) is 1. The van der Waals surface area contributed by atoms with Crippen molar-refractivity contribution in [3.05, 3.63) is 57.1 Å². The molecule has 30 heavy (non-hydrogen) atoms. The summed E-state index contributed by atoms with van der Waals surface area (Å²) in [7, 11) is 0. The number of halogens is 1. The number of rotatable bonds is 7. The molecule has 2 aromatic carbocycles. The van der Waals surface area contributed by atoms with Gasteiger partial charge in [0.1, 0.15) is 0 Å². The molecular formula is C21H25ClN4O4. The minimum atomic E-state index is -0.564. The average molecular weight is 433 g/mol. The number of nitrogens with one attached hydrogen (secondary N) is 1. The molecular weight excluding hydrogens is 408 g/mol. The van der Waals surface area contributed by atoms with E-state index in [-0.39, 0.29) is 17.0 Å². The van der Waals surface area contributed by atoms with Gasteiger partial charge in [0, 0.05) is 43.5 Å². The van der Waals surface area contributed by atoms with Crippen molar-refractivity contribution < 1.29 is 14.5 Å². The van der Waals surface area contributed by atoms with Crippen LogP contribution in [0.2, 0.25) is 5.02 Å². The van der Waals surface area contributed by atoms with Crippen LogP contribution >= 0.6 is 11.6 Å². The summed E-state index contributed by atoms with van der Waals surface area (Å²) in [4.78, 5) is 27.9. The van der Waals surface area contributed by atoms with Gasteiger partial charge in [0.2, 0.25) is 0 Å². The molecule has 0 spiro atoms. The predicted molar refractivity (Wildman–Crippen MR) is 118 cm³/mol. The molecule has 1 fully saturated rings. The third-order valence-electron chi connectivity index (χ3n) is 5.08. The number of carbonyl (C=O) groups excluding carboxylic acids is 1. The minimum Gasteiger partial charge on any atom is -0.487 e. The van der Waals surface area contributed by atoms with Crippen molar-refractivity contribution >= 4 is 34.6 Å². The molecule has 1 amide bonds. The van der Waals surface area contributed by atoms with Gasteiger partial charge in [-0.05, 0) is 43.8 Å². The fourth-order valence-electron chi connectivity index (χ4n) is 3.43. The quantitative estimate of drug-likeness (QED) is 0.524. The Morgan fingerprint density at radius 2 is 1.90 bits per heavy atom. The number of nitro groups is 1. The van der Waals surface area contributed by atoms with E-state index in [2.05, 4.69) is 22.0 Å². The summed E-state index contributed by atoms with van der Waals surface area (Å²) >= 11 is 6.47. The lowest BCUT2D eigenvalue weighted by atomic mass is 10.1. The second kappa shape index (κ2) is 9.77. The molecule has 0 aliphatic carbocycles. The normalized spacial score (nSPS) is 14.4. The van der Waals surface area contributed by atoms with Gasteiger partial charge in [0.25, 0.3) is 5.91 Å². The Morgan fingerprint density at radius 1 is 1.17 bits per heavy atom. The van der Waals surface area contributed by atoms with E-state index in [4.69, 9.17) is 16.3 Å². The number of nitrogens with zero attached hydrogens (tertiary/aromatic N) is 3. The zero-order valence-electron chi connectivity index (χ0n) is 17.1. The Bertz CT molecular complexity index is 929. The molecule has 0 atom stereocenters. The van der Waals surface area contributed by atoms with Gasteiger partial charge in [0.15, 0.2) is 5.75 Å². The lowest BCUT2D eigenvalue weighted by Gasteiger charge is -2.36. The number of hydrogen-bond acceptors (Lipinski definition) is 6. The maximum Gasteiger partial charge on any atom is 0.311 e. The summed E-state index contributed by atoms with van der Waals surface area (Å²) < 4.78 is 5.25. The topological polar surface area (TPSA) is 88.0 Å². The molecule has 1 saturated heterocycles. The Kier molecular flexibility index (Phi) is 7.12. The number of nitro benzene ring substituents is 1. The molecule has 1 heterocycles. The second-order valence-corrected chi connectivity index (χ2v) is 7.32. The molecule has 3 rings (SSSR count). The first-order chi connectivity index (χ1) is 14.4. The molecule has 0 unspecified atom stereocenters. The van der Waals surface area contributed by atoms with E-state index in [0.717, 1.165) is 38.4 Å². The van der Waals surface area contributed by atoms with Crippen molar-refractivity contribution in [2.75, 3.05) is 49.5 Å². The summed E-state index contributed by atoms with van der Waals surface area (Å²) in [6.07, 6.45) is 0. The summed E-state index contributed by atoms with van der Waals surface area (Å²) in [5.41, 5.74) is 1.38. The fraction of sp³-hybridized carbons (Fsp3) is 0.381. The predicted octanol–water partition coefficient (Wildman–Crippen LogP) is 4.04. The van der Waals surface area contributed by atoms with Crippen LogP contribution in [0.25, 0.3) is 0 Å². The second-order valence-electron chi connectivity index (χ2n) is 6.91. The third-order valence-corrected chi connectivity index (χ3v) is 5.39. The first-order valence-electron chi connectivity index (χ1n) is 9.92. The number of amides is 1. The number of anilines is 2. The number of benzene rings is 2. The summed E-state index contributed by atoms with van der Waals surface area (Å²) in [5, 5.41) is 14.6. The van der Waals surface area contributed by atoms with Gasteiger partial charge < -0.3 is 19.9 Å². The largest absolute Gasteiger partial charge is 0.487 e. The third kappa shape index (κ3) is 5.01. The van der Waals surface area contributed by atoms with Crippen LogP contribution in [0, 0.1) is 10.1 Å². The lowest BCUT2D eigenvalue weighted by molar-refractivity contribution is -0.385. The van der Waals surface area contributed by atoms with Gasteiger partial charge in [-0.2, -0.15) is 0 Å². The van der Waals surface area contributed by atoms with Crippen LogP contribution in [0.15, 0.2) is 36.4 Å². The van der Waals surface area contributed by atoms with Gasteiger partial charge in [-0.1, -0.05) is 18.5 Å². The first kappa shape index (κ1) is 21.9. The SMILES string of the molecule is CCOc1ccc(C(=O)Nc2ccc(N3CCN(CC)CC3)c(Cl)c2)cc1[N+](=O)[O-]. The highest BCUT2D eigenvalue weighted by Gasteiger charge is 2.20. The first-order valence-corrected chi connectivity index (χ1v) is 10.3. The van der Waals surface area contributed by atoms with Gasteiger partial charge in [0.05, 0.1) is 22.2 Å².